The fourth-order valence-electron chi connectivity index (χ4n) is 3.45. The fourth-order valence-corrected chi connectivity index (χ4v) is 3.45. The van der Waals surface area contributed by atoms with Crippen molar-refractivity contribution in [3.8, 4) is 11.7 Å². The zero-order valence-corrected chi connectivity index (χ0v) is 18.8. The molecule has 0 atom stereocenters. The first kappa shape index (κ1) is 22.8. The van der Waals surface area contributed by atoms with Crippen LogP contribution in [-0.4, -0.2) is 35.7 Å². The van der Waals surface area contributed by atoms with Gasteiger partial charge in [-0.1, -0.05) is 30.3 Å². The number of carbonyl (C=O) groups is 1. The Bertz CT molecular complexity index is 1750. The van der Waals surface area contributed by atoms with Gasteiger partial charge in [0.1, 0.15) is 11.5 Å². The maximum atomic E-state index is 13.0. The van der Waals surface area contributed by atoms with Gasteiger partial charge in [0.2, 0.25) is 5.69 Å². The van der Waals surface area contributed by atoms with Crippen LogP contribution in [0.3, 0.4) is 0 Å². The van der Waals surface area contributed by atoms with Crippen molar-refractivity contribution < 1.29 is 9.90 Å². The molecule has 2 aromatic carbocycles. The molecule has 0 fully saturated rings. The van der Waals surface area contributed by atoms with Gasteiger partial charge in [-0.25, -0.2) is 19.7 Å². The van der Waals surface area contributed by atoms with Crippen LogP contribution in [0.1, 0.15) is 10.4 Å². The van der Waals surface area contributed by atoms with Crippen LogP contribution in [0.25, 0.3) is 26.4 Å². The molecule has 1 amide bonds. The topological polar surface area (TPSA) is 139 Å². The molecule has 0 unspecified atom stereocenters. The minimum atomic E-state index is -0.632. The number of rotatable bonds is 5. The summed E-state index contributed by atoms with van der Waals surface area (Å²) < 4.78 is 1.26. The monoisotopic (exact) mass is 486 g/mol. The Balaban J connectivity index is 1.58. The number of phenolic OH excluding ortho intramolecular Hbond substituents is 1. The van der Waals surface area contributed by atoms with E-state index in [1.165, 1.54) is 47.7 Å². The molecule has 5 aromatic rings. The van der Waals surface area contributed by atoms with Gasteiger partial charge in [0, 0.05) is 24.0 Å². The number of nitrogens with zero attached hydrogens (tertiary/aromatic N) is 9. The molecule has 0 saturated carbocycles. The molecule has 0 aliphatic carbocycles. The van der Waals surface area contributed by atoms with Crippen LogP contribution in [0.15, 0.2) is 83.5 Å². The number of benzene rings is 2. The number of nitrogens with one attached hydrogen (secondary N) is 1. The first-order valence-electron chi connectivity index (χ1n) is 10.6. The number of anilines is 1. The lowest BCUT2D eigenvalue weighted by Gasteiger charge is -2.11. The van der Waals surface area contributed by atoms with Crippen molar-refractivity contribution in [1.29, 1.82) is 0 Å². The lowest BCUT2D eigenvalue weighted by molar-refractivity contribution is 0.102. The summed E-state index contributed by atoms with van der Waals surface area (Å²) >= 11 is 0. The number of pyridine rings is 1. The molecule has 176 valence electrons. The molecular formula is C25H14N10O2. The van der Waals surface area contributed by atoms with Crippen molar-refractivity contribution in [2.24, 2.45) is 10.2 Å². The largest absolute Gasteiger partial charge is 0.505 e. The summed E-state index contributed by atoms with van der Waals surface area (Å²) in [6, 6.07) is 13.2. The Kier molecular flexibility index (Phi) is 5.96. The Labute approximate surface area is 209 Å². The Hall–Kier alpha value is -6.01. The second-order valence-corrected chi connectivity index (χ2v) is 7.44. The van der Waals surface area contributed by atoms with E-state index in [1.54, 1.807) is 30.3 Å². The molecule has 0 spiro atoms. The predicted octanol–water partition coefficient (Wildman–Crippen LogP) is 5.69. The van der Waals surface area contributed by atoms with Crippen LogP contribution in [0, 0.1) is 13.1 Å². The number of carbonyl (C=O) groups excluding carboxylic acids is 1. The van der Waals surface area contributed by atoms with E-state index in [9.17, 15) is 9.90 Å². The Morgan fingerprint density at radius 3 is 2.51 bits per heavy atom. The van der Waals surface area contributed by atoms with E-state index >= 15 is 0 Å². The predicted molar refractivity (Wildman–Crippen MR) is 134 cm³/mol. The maximum Gasteiger partial charge on any atom is 0.260 e. The highest BCUT2D eigenvalue weighted by molar-refractivity contribution is 6.11. The SMILES string of the molecule is [C-]#[N+]c1ccc(NC(=O)c2cc3ccccc3c(/N=N/c3c([N+]#[C-])cnn3-c3ncccn3)c2O)nc1. The quantitative estimate of drug-likeness (QED) is 0.242. The smallest absolute Gasteiger partial charge is 0.260 e. The number of aromatic nitrogens is 5. The number of hydrogen-bond donors (Lipinski definition) is 2. The van der Waals surface area contributed by atoms with Crippen LogP contribution >= 0.6 is 0 Å². The summed E-state index contributed by atoms with van der Waals surface area (Å²) in [5.41, 5.74) is 0.391. The number of hydrogen-bond acceptors (Lipinski definition) is 8. The molecule has 3 heterocycles. The van der Waals surface area contributed by atoms with Gasteiger partial charge in [0.05, 0.1) is 24.9 Å². The molecule has 12 nitrogen and oxygen atoms in total. The average Bonchev–Trinajstić information content (AvgIpc) is 3.36. The molecule has 0 aliphatic heterocycles. The number of fused-ring (bicyclic) bond motifs is 1. The normalized spacial score (nSPS) is 10.8. The highest BCUT2D eigenvalue weighted by Crippen LogP contribution is 2.40. The van der Waals surface area contributed by atoms with E-state index in [2.05, 4.69) is 45.3 Å². The number of phenols is 1. The first-order valence-corrected chi connectivity index (χ1v) is 10.6. The van der Waals surface area contributed by atoms with E-state index in [4.69, 9.17) is 13.1 Å². The van der Waals surface area contributed by atoms with Crippen molar-refractivity contribution >= 4 is 45.4 Å². The van der Waals surface area contributed by atoms with Crippen LogP contribution in [-0.2, 0) is 0 Å². The molecule has 5 rings (SSSR count). The number of amides is 1. The summed E-state index contributed by atoms with van der Waals surface area (Å²) in [6.07, 6.45) is 5.69. The second kappa shape index (κ2) is 9.69. The highest BCUT2D eigenvalue weighted by atomic mass is 16.3. The molecule has 0 bridgehead atoms. The Morgan fingerprint density at radius 1 is 0.973 bits per heavy atom. The molecule has 0 radical (unpaired) electrons. The minimum absolute atomic E-state index is 0.0252. The highest BCUT2D eigenvalue weighted by Gasteiger charge is 2.20. The van der Waals surface area contributed by atoms with Gasteiger partial charge in [0.15, 0.2) is 11.6 Å². The van der Waals surface area contributed by atoms with Crippen LogP contribution in [0.5, 0.6) is 5.75 Å². The van der Waals surface area contributed by atoms with Gasteiger partial charge in [-0.3, -0.25) is 9.78 Å². The molecule has 0 saturated heterocycles. The standard InChI is InChI=1S/C25H14N10O2/c1-26-16-8-9-20(30-13-16)32-24(37)18-12-15-6-3-4-7-17(15)21(22(18)36)33-34-23-19(27-2)14-31-35(23)25-28-10-5-11-29-25/h3-14,36H,(H,30,32,37)/b34-33+. The third-order valence-electron chi connectivity index (χ3n) is 5.19. The summed E-state index contributed by atoms with van der Waals surface area (Å²) in [6.45, 7) is 14.5. The molecule has 2 N–H and O–H groups in total. The molecule has 12 heteroatoms. The van der Waals surface area contributed by atoms with Gasteiger partial charge in [0.25, 0.3) is 17.5 Å². The van der Waals surface area contributed by atoms with Gasteiger partial charge in [-0.2, -0.15) is 9.78 Å². The number of azo groups is 1. The molecular weight excluding hydrogens is 472 g/mol. The van der Waals surface area contributed by atoms with Crippen molar-refractivity contribution in [2.75, 3.05) is 5.32 Å². The molecule has 0 aliphatic rings. The van der Waals surface area contributed by atoms with Gasteiger partial charge in [-0.15, -0.1) is 10.2 Å². The van der Waals surface area contributed by atoms with E-state index in [0.29, 0.717) is 16.5 Å². The first-order chi connectivity index (χ1) is 18.1. The lowest BCUT2D eigenvalue weighted by atomic mass is 10.0. The van der Waals surface area contributed by atoms with Gasteiger partial charge >= 0.3 is 0 Å². The average molecular weight is 486 g/mol. The summed E-state index contributed by atoms with van der Waals surface area (Å²) in [4.78, 5) is 32.0. The van der Waals surface area contributed by atoms with E-state index in [1.807, 2.05) is 0 Å². The molecule has 3 aromatic heterocycles. The van der Waals surface area contributed by atoms with Crippen molar-refractivity contribution in [3.63, 3.8) is 0 Å². The van der Waals surface area contributed by atoms with Crippen LogP contribution in [0.2, 0.25) is 0 Å². The Morgan fingerprint density at radius 2 is 1.78 bits per heavy atom. The van der Waals surface area contributed by atoms with Crippen molar-refractivity contribution in [2.45, 2.75) is 0 Å². The van der Waals surface area contributed by atoms with Crippen molar-refractivity contribution in [1.82, 2.24) is 24.7 Å². The van der Waals surface area contributed by atoms with Crippen LogP contribution in [0.4, 0.5) is 28.7 Å². The van der Waals surface area contributed by atoms with E-state index in [-0.39, 0.29) is 34.5 Å². The second-order valence-electron chi connectivity index (χ2n) is 7.44. The third kappa shape index (κ3) is 4.41. The number of aromatic hydroxyl groups is 1. The zero-order chi connectivity index (χ0) is 25.8. The minimum Gasteiger partial charge on any atom is -0.505 e. The molecule has 37 heavy (non-hydrogen) atoms. The fraction of sp³-hybridized carbons (Fsp3) is 0. The van der Waals surface area contributed by atoms with E-state index < -0.39 is 11.7 Å². The zero-order valence-electron chi connectivity index (χ0n) is 18.8. The van der Waals surface area contributed by atoms with Gasteiger partial charge < -0.3 is 10.4 Å². The summed E-state index contributed by atoms with van der Waals surface area (Å²) in [5, 5.41) is 27.4. The summed E-state index contributed by atoms with van der Waals surface area (Å²) in [7, 11) is 0. The van der Waals surface area contributed by atoms with Crippen molar-refractivity contribution in [3.05, 3.63) is 102 Å². The van der Waals surface area contributed by atoms with E-state index in [0.717, 1.165) is 0 Å². The van der Waals surface area contributed by atoms with Gasteiger partial charge in [-0.05, 0) is 23.6 Å². The summed E-state index contributed by atoms with van der Waals surface area (Å²) in [5.74, 6) is -0.591. The lowest BCUT2D eigenvalue weighted by Crippen LogP contribution is -2.13. The van der Waals surface area contributed by atoms with Crippen LogP contribution < -0.4 is 5.32 Å². The maximum absolute atomic E-state index is 13.0. The third-order valence-corrected chi connectivity index (χ3v) is 5.19.